The highest BCUT2D eigenvalue weighted by atomic mass is 16.3. The molecule has 0 aliphatic rings. The summed E-state index contributed by atoms with van der Waals surface area (Å²) in [4.78, 5) is 0. The molecule has 0 saturated heterocycles. The number of nitrogens with zero attached hydrogens (tertiary/aromatic N) is 1. The molecule has 1 N–H and O–H groups in total. The number of rotatable bonds is 5. The van der Waals surface area contributed by atoms with E-state index in [1.807, 2.05) is 13.0 Å². The van der Waals surface area contributed by atoms with Crippen molar-refractivity contribution in [1.29, 1.82) is 0 Å². The molecule has 0 amide bonds. The second-order valence-corrected chi connectivity index (χ2v) is 2.95. The van der Waals surface area contributed by atoms with Crippen molar-refractivity contribution < 1.29 is 9.59 Å². The van der Waals surface area contributed by atoms with Crippen molar-refractivity contribution in [2.75, 3.05) is 19.6 Å². The van der Waals surface area contributed by atoms with Crippen molar-refractivity contribution in [3.05, 3.63) is 12.7 Å². The Morgan fingerprint density at radius 1 is 1.45 bits per heavy atom. The summed E-state index contributed by atoms with van der Waals surface area (Å²) in [5.41, 5.74) is 0. The van der Waals surface area contributed by atoms with E-state index in [0.29, 0.717) is 0 Å². The van der Waals surface area contributed by atoms with E-state index in [1.165, 1.54) is 0 Å². The molecule has 66 valence electrons. The lowest BCUT2D eigenvalue weighted by molar-refractivity contribution is -0.961. The Balaban J connectivity index is 4.31. The van der Waals surface area contributed by atoms with E-state index in [0.717, 1.165) is 24.1 Å². The Labute approximate surface area is 69.7 Å². The predicted molar refractivity (Wildman–Crippen MR) is 48.1 cm³/mol. The molecule has 2 nitrogen and oxygen atoms in total. The van der Waals surface area contributed by atoms with Crippen molar-refractivity contribution >= 4 is 0 Å². The molecule has 1 unspecified atom stereocenters. The van der Waals surface area contributed by atoms with Gasteiger partial charge < -0.3 is 5.11 Å². The number of hydrogen-bond acceptors (Lipinski definition) is 1. The number of likely N-dealkylation sites (N-methyl/N-ethyl adjacent to an activating group) is 1. The first-order valence-corrected chi connectivity index (χ1v) is 4.27. The minimum absolute atomic E-state index is 0.289. The molecule has 0 aromatic rings. The van der Waals surface area contributed by atoms with Crippen LogP contribution in [0.25, 0.3) is 0 Å². The summed E-state index contributed by atoms with van der Waals surface area (Å²) >= 11 is 0. The number of quaternary nitrogens is 1. The third-order valence-electron chi connectivity index (χ3n) is 2.54. The zero-order valence-corrected chi connectivity index (χ0v) is 7.88. The maximum Gasteiger partial charge on any atom is 0.187 e. The van der Waals surface area contributed by atoms with Crippen molar-refractivity contribution in [1.82, 2.24) is 0 Å². The molecule has 0 aromatic carbocycles. The van der Waals surface area contributed by atoms with Gasteiger partial charge in [0.05, 0.1) is 19.6 Å². The molecule has 1 atom stereocenters. The summed E-state index contributed by atoms with van der Waals surface area (Å²) in [5.74, 6) is 0. The molecule has 0 radical (unpaired) electrons. The lowest BCUT2D eigenvalue weighted by atomic mass is 10.3. The van der Waals surface area contributed by atoms with Crippen LogP contribution in [-0.2, 0) is 0 Å². The van der Waals surface area contributed by atoms with Crippen molar-refractivity contribution in [3.8, 4) is 0 Å². The maximum atomic E-state index is 9.52. The zero-order chi connectivity index (χ0) is 8.91. The highest BCUT2D eigenvalue weighted by molar-refractivity contribution is 4.65. The van der Waals surface area contributed by atoms with Crippen molar-refractivity contribution in [2.45, 2.75) is 27.0 Å². The molecule has 0 aliphatic carbocycles. The molecule has 0 fully saturated rings. The zero-order valence-electron chi connectivity index (χ0n) is 7.88. The lowest BCUT2D eigenvalue weighted by Crippen LogP contribution is -2.54. The average Bonchev–Trinajstić information content (AvgIpc) is 2.00. The molecule has 0 spiro atoms. The quantitative estimate of drug-likeness (QED) is 0.364. The van der Waals surface area contributed by atoms with Crippen LogP contribution in [0.4, 0.5) is 0 Å². The molecule has 2 heteroatoms. The van der Waals surface area contributed by atoms with Gasteiger partial charge in [0.15, 0.2) is 6.23 Å². The van der Waals surface area contributed by atoms with Gasteiger partial charge in [-0.1, -0.05) is 6.58 Å². The summed E-state index contributed by atoms with van der Waals surface area (Å²) in [5, 5.41) is 9.52. The minimum Gasteiger partial charge on any atom is -0.345 e. The lowest BCUT2D eigenvalue weighted by Gasteiger charge is -2.38. The van der Waals surface area contributed by atoms with Gasteiger partial charge in [0, 0.05) is 6.92 Å². The van der Waals surface area contributed by atoms with Gasteiger partial charge in [-0.25, -0.2) is 0 Å². The van der Waals surface area contributed by atoms with Crippen molar-refractivity contribution in [3.63, 3.8) is 0 Å². The molecule has 0 aromatic heterocycles. The van der Waals surface area contributed by atoms with Gasteiger partial charge in [0.1, 0.15) is 0 Å². The fourth-order valence-corrected chi connectivity index (χ4v) is 1.42. The van der Waals surface area contributed by atoms with Crippen LogP contribution in [0, 0.1) is 0 Å². The Hall–Kier alpha value is -0.340. The largest absolute Gasteiger partial charge is 0.345 e. The number of aliphatic hydroxyl groups is 1. The van der Waals surface area contributed by atoms with E-state index in [2.05, 4.69) is 20.4 Å². The van der Waals surface area contributed by atoms with Crippen LogP contribution >= 0.6 is 0 Å². The SMILES string of the molecule is C=CC[N+](CC)(CC)C(C)O. The first kappa shape index (κ1) is 10.7. The van der Waals surface area contributed by atoms with Crippen LogP contribution in [-0.4, -0.2) is 35.5 Å². The third kappa shape index (κ3) is 2.31. The van der Waals surface area contributed by atoms with E-state index in [4.69, 9.17) is 0 Å². The van der Waals surface area contributed by atoms with Crippen molar-refractivity contribution in [2.24, 2.45) is 0 Å². The van der Waals surface area contributed by atoms with E-state index in [9.17, 15) is 5.11 Å². The Bertz CT molecular complexity index is 117. The predicted octanol–water partition coefficient (Wildman–Crippen LogP) is 1.37. The molecule has 0 bridgehead atoms. The van der Waals surface area contributed by atoms with Gasteiger partial charge in [-0.2, -0.15) is 0 Å². The van der Waals surface area contributed by atoms with Gasteiger partial charge in [-0.15, -0.1) is 0 Å². The topological polar surface area (TPSA) is 20.2 Å². The standard InChI is InChI=1S/C9H20NO/c1-5-8-10(6-2,7-3)9(4)11/h5,9,11H,1,6-8H2,2-4H3/q+1. The Kier molecular flexibility index (Phi) is 4.38. The van der Waals surface area contributed by atoms with Crippen LogP contribution in [0.1, 0.15) is 20.8 Å². The Morgan fingerprint density at radius 2 is 1.91 bits per heavy atom. The summed E-state index contributed by atoms with van der Waals surface area (Å²) in [6, 6.07) is 0. The second kappa shape index (κ2) is 4.52. The molecular formula is C9H20NO+. The van der Waals surface area contributed by atoms with Gasteiger partial charge in [0.2, 0.25) is 0 Å². The van der Waals surface area contributed by atoms with Gasteiger partial charge in [0.25, 0.3) is 0 Å². The van der Waals surface area contributed by atoms with Gasteiger partial charge >= 0.3 is 0 Å². The molecule has 0 rings (SSSR count). The summed E-state index contributed by atoms with van der Waals surface area (Å²) in [7, 11) is 0. The van der Waals surface area contributed by atoms with Crippen LogP contribution < -0.4 is 0 Å². The first-order chi connectivity index (χ1) is 5.13. The number of aliphatic hydroxyl groups excluding tert-OH is 1. The van der Waals surface area contributed by atoms with Crippen LogP contribution in [0.15, 0.2) is 12.7 Å². The highest BCUT2D eigenvalue weighted by Crippen LogP contribution is 2.10. The second-order valence-electron chi connectivity index (χ2n) is 2.95. The fraction of sp³-hybridized carbons (Fsp3) is 0.778. The Morgan fingerprint density at radius 3 is 2.00 bits per heavy atom. The average molecular weight is 158 g/mol. The van der Waals surface area contributed by atoms with E-state index < -0.39 is 0 Å². The first-order valence-electron chi connectivity index (χ1n) is 4.27. The fourth-order valence-electron chi connectivity index (χ4n) is 1.42. The van der Waals surface area contributed by atoms with E-state index >= 15 is 0 Å². The third-order valence-corrected chi connectivity index (χ3v) is 2.54. The van der Waals surface area contributed by atoms with E-state index in [1.54, 1.807) is 0 Å². The molecule has 0 heterocycles. The molecular weight excluding hydrogens is 138 g/mol. The molecule has 0 aliphatic heterocycles. The summed E-state index contributed by atoms with van der Waals surface area (Å²) in [6.45, 7) is 12.5. The van der Waals surface area contributed by atoms with Crippen LogP contribution in [0.3, 0.4) is 0 Å². The maximum absolute atomic E-state index is 9.52. The minimum atomic E-state index is -0.289. The van der Waals surface area contributed by atoms with Gasteiger partial charge in [-0.3, -0.25) is 4.48 Å². The van der Waals surface area contributed by atoms with Crippen LogP contribution in [0.2, 0.25) is 0 Å². The molecule has 11 heavy (non-hydrogen) atoms. The van der Waals surface area contributed by atoms with Crippen LogP contribution in [0.5, 0.6) is 0 Å². The monoisotopic (exact) mass is 158 g/mol. The highest BCUT2D eigenvalue weighted by Gasteiger charge is 2.26. The smallest absolute Gasteiger partial charge is 0.187 e. The summed E-state index contributed by atoms with van der Waals surface area (Å²) < 4.78 is 0.726. The number of hydrogen-bond donors (Lipinski definition) is 1. The van der Waals surface area contributed by atoms with E-state index in [-0.39, 0.29) is 6.23 Å². The molecule has 0 saturated carbocycles. The summed E-state index contributed by atoms with van der Waals surface area (Å²) in [6.07, 6.45) is 1.59. The normalized spacial score (nSPS) is 14.5. The van der Waals surface area contributed by atoms with Gasteiger partial charge in [-0.05, 0) is 19.9 Å².